The van der Waals surface area contributed by atoms with Crippen LogP contribution in [0.25, 0.3) is 0 Å². The smallest absolute Gasteiger partial charge is 0.322 e. The van der Waals surface area contributed by atoms with E-state index < -0.39 is 11.6 Å². The quantitative estimate of drug-likeness (QED) is 0.876. The fraction of sp³-hybridized carbons (Fsp3) is 0.368. The Labute approximate surface area is 147 Å². The Morgan fingerprint density at radius 3 is 2.48 bits per heavy atom. The lowest BCUT2D eigenvalue weighted by atomic mass is 10.1. The van der Waals surface area contributed by atoms with Gasteiger partial charge in [-0.25, -0.2) is 4.79 Å². The first kappa shape index (κ1) is 18.7. The van der Waals surface area contributed by atoms with E-state index in [1.54, 1.807) is 40.1 Å². The molecule has 0 bridgehead atoms. The zero-order valence-electron chi connectivity index (χ0n) is 15.1. The van der Waals surface area contributed by atoms with E-state index in [4.69, 9.17) is 0 Å². The van der Waals surface area contributed by atoms with Crippen LogP contribution in [0.15, 0.2) is 47.4 Å². The van der Waals surface area contributed by atoms with Gasteiger partial charge in [0.1, 0.15) is 5.69 Å². The number of carbonyl (C=O) groups is 1. The van der Waals surface area contributed by atoms with Crippen molar-refractivity contribution in [3.05, 3.63) is 64.1 Å². The van der Waals surface area contributed by atoms with Crippen LogP contribution in [0.3, 0.4) is 0 Å². The Kier molecular flexibility index (Phi) is 5.64. The van der Waals surface area contributed by atoms with Crippen molar-refractivity contribution >= 4 is 11.7 Å². The molecule has 6 nitrogen and oxygen atoms in total. The van der Waals surface area contributed by atoms with Gasteiger partial charge in [0.2, 0.25) is 0 Å². The molecule has 0 aliphatic heterocycles. The Bertz CT molecular complexity index is 792. The minimum atomic E-state index is -1.05. The monoisotopic (exact) mass is 343 g/mol. The third kappa shape index (κ3) is 5.19. The molecular weight excluding hydrogens is 318 g/mol. The standard InChI is InChI=1S/C19H25N3O3/c1-14-10-11-21(4)17(23)16(14)20-18(24)22(13-19(2,3)25)12-15-8-6-5-7-9-15/h5-11,25H,12-13H2,1-4H3,(H,20,24). The molecule has 0 aliphatic carbocycles. The van der Waals surface area contributed by atoms with Crippen molar-refractivity contribution in [1.82, 2.24) is 9.47 Å². The lowest BCUT2D eigenvalue weighted by molar-refractivity contribution is 0.0469. The molecule has 0 fully saturated rings. The Morgan fingerprint density at radius 2 is 1.88 bits per heavy atom. The highest BCUT2D eigenvalue weighted by Gasteiger charge is 2.24. The summed E-state index contributed by atoms with van der Waals surface area (Å²) in [6.07, 6.45) is 1.66. The summed E-state index contributed by atoms with van der Waals surface area (Å²) in [5.41, 5.74) is 0.571. The van der Waals surface area contributed by atoms with Gasteiger partial charge in [0.05, 0.1) is 12.1 Å². The highest BCUT2D eigenvalue weighted by Crippen LogP contribution is 2.14. The van der Waals surface area contributed by atoms with Crippen LogP contribution in [-0.4, -0.2) is 32.8 Å². The first-order valence-electron chi connectivity index (χ1n) is 8.16. The van der Waals surface area contributed by atoms with E-state index in [-0.39, 0.29) is 17.8 Å². The van der Waals surface area contributed by atoms with Crippen LogP contribution in [0.1, 0.15) is 25.0 Å². The zero-order chi connectivity index (χ0) is 18.6. The molecule has 2 N–H and O–H groups in total. The van der Waals surface area contributed by atoms with Gasteiger partial charge in [0.15, 0.2) is 0 Å². The number of hydrogen-bond donors (Lipinski definition) is 2. The van der Waals surface area contributed by atoms with E-state index in [0.717, 1.165) is 5.56 Å². The fourth-order valence-corrected chi connectivity index (χ4v) is 2.53. The summed E-state index contributed by atoms with van der Waals surface area (Å²) in [6.45, 7) is 5.54. The molecule has 1 heterocycles. The van der Waals surface area contributed by atoms with Crippen LogP contribution in [0.2, 0.25) is 0 Å². The number of pyridine rings is 1. The zero-order valence-corrected chi connectivity index (χ0v) is 15.1. The SMILES string of the molecule is Cc1ccn(C)c(=O)c1NC(=O)N(Cc1ccccc1)CC(C)(C)O. The van der Waals surface area contributed by atoms with Crippen LogP contribution in [0.4, 0.5) is 10.5 Å². The van der Waals surface area contributed by atoms with E-state index in [1.807, 2.05) is 30.3 Å². The molecule has 6 heteroatoms. The second-order valence-corrected chi connectivity index (χ2v) is 6.87. The third-order valence-corrected chi connectivity index (χ3v) is 3.79. The number of benzene rings is 1. The van der Waals surface area contributed by atoms with Crippen LogP contribution in [-0.2, 0) is 13.6 Å². The molecule has 0 spiro atoms. The number of nitrogens with one attached hydrogen (secondary N) is 1. The average Bonchev–Trinajstić information content (AvgIpc) is 2.54. The summed E-state index contributed by atoms with van der Waals surface area (Å²) in [6, 6.07) is 10.9. The van der Waals surface area contributed by atoms with Gasteiger partial charge < -0.3 is 19.9 Å². The van der Waals surface area contributed by atoms with Crippen molar-refractivity contribution in [1.29, 1.82) is 0 Å². The first-order chi connectivity index (χ1) is 11.7. The summed E-state index contributed by atoms with van der Waals surface area (Å²) in [5, 5.41) is 12.9. The number of rotatable bonds is 5. The molecule has 2 amide bonds. The number of aromatic nitrogens is 1. The summed E-state index contributed by atoms with van der Waals surface area (Å²) in [5.74, 6) is 0. The normalized spacial score (nSPS) is 11.2. The van der Waals surface area contributed by atoms with Gasteiger partial charge in [-0.15, -0.1) is 0 Å². The highest BCUT2D eigenvalue weighted by molar-refractivity contribution is 5.90. The van der Waals surface area contributed by atoms with Crippen LogP contribution < -0.4 is 10.9 Å². The number of nitrogens with zero attached hydrogens (tertiary/aromatic N) is 2. The number of urea groups is 1. The number of anilines is 1. The molecule has 2 aromatic rings. The molecule has 0 aliphatic rings. The summed E-state index contributed by atoms with van der Waals surface area (Å²) >= 11 is 0. The molecular formula is C19H25N3O3. The number of hydrogen-bond acceptors (Lipinski definition) is 3. The van der Waals surface area contributed by atoms with Gasteiger partial charge in [0, 0.05) is 19.8 Å². The number of aliphatic hydroxyl groups is 1. The van der Waals surface area contributed by atoms with Gasteiger partial charge in [-0.1, -0.05) is 30.3 Å². The molecule has 25 heavy (non-hydrogen) atoms. The third-order valence-electron chi connectivity index (χ3n) is 3.79. The van der Waals surface area contributed by atoms with Crippen molar-refractivity contribution in [3.63, 3.8) is 0 Å². The van der Waals surface area contributed by atoms with Crippen molar-refractivity contribution in [2.24, 2.45) is 7.05 Å². The van der Waals surface area contributed by atoms with E-state index in [1.165, 1.54) is 9.47 Å². The van der Waals surface area contributed by atoms with Gasteiger partial charge in [-0.2, -0.15) is 0 Å². The van der Waals surface area contributed by atoms with Crippen LogP contribution >= 0.6 is 0 Å². The van der Waals surface area contributed by atoms with Gasteiger partial charge in [-0.3, -0.25) is 4.79 Å². The second kappa shape index (κ2) is 7.53. The Morgan fingerprint density at radius 1 is 1.24 bits per heavy atom. The topological polar surface area (TPSA) is 74.6 Å². The van der Waals surface area contributed by atoms with E-state index in [0.29, 0.717) is 12.1 Å². The number of carbonyl (C=O) groups excluding carboxylic acids is 1. The van der Waals surface area contributed by atoms with Crippen LogP contribution in [0, 0.1) is 6.92 Å². The van der Waals surface area contributed by atoms with Crippen molar-refractivity contribution < 1.29 is 9.90 Å². The maximum absolute atomic E-state index is 12.8. The summed E-state index contributed by atoms with van der Waals surface area (Å²) < 4.78 is 1.42. The highest BCUT2D eigenvalue weighted by atomic mass is 16.3. The van der Waals surface area contributed by atoms with Gasteiger partial charge in [-0.05, 0) is 38.0 Å². The molecule has 2 rings (SSSR count). The average molecular weight is 343 g/mol. The predicted octanol–water partition coefficient (Wildman–Crippen LogP) is 2.50. The summed E-state index contributed by atoms with van der Waals surface area (Å²) in [7, 11) is 1.63. The van der Waals surface area contributed by atoms with Gasteiger partial charge >= 0.3 is 6.03 Å². The maximum atomic E-state index is 12.8. The van der Waals surface area contributed by atoms with Crippen molar-refractivity contribution in [3.8, 4) is 0 Å². The molecule has 0 unspecified atom stereocenters. The second-order valence-electron chi connectivity index (χ2n) is 6.87. The minimum absolute atomic E-state index is 0.139. The van der Waals surface area contributed by atoms with Crippen molar-refractivity contribution in [2.45, 2.75) is 32.9 Å². The molecule has 1 aromatic carbocycles. The maximum Gasteiger partial charge on any atom is 0.322 e. The number of aryl methyl sites for hydroxylation is 2. The number of amides is 2. The molecule has 0 radical (unpaired) electrons. The van der Waals surface area contributed by atoms with E-state index >= 15 is 0 Å². The summed E-state index contributed by atoms with van der Waals surface area (Å²) in [4.78, 5) is 26.5. The molecule has 0 saturated carbocycles. The van der Waals surface area contributed by atoms with E-state index in [2.05, 4.69) is 5.32 Å². The Balaban J connectivity index is 2.26. The molecule has 1 aromatic heterocycles. The van der Waals surface area contributed by atoms with Crippen molar-refractivity contribution in [2.75, 3.05) is 11.9 Å². The lowest BCUT2D eigenvalue weighted by Gasteiger charge is -2.29. The first-order valence-corrected chi connectivity index (χ1v) is 8.16. The molecule has 134 valence electrons. The largest absolute Gasteiger partial charge is 0.389 e. The van der Waals surface area contributed by atoms with Crippen LogP contribution in [0.5, 0.6) is 0 Å². The van der Waals surface area contributed by atoms with Gasteiger partial charge in [0.25, 0.3) is 5.56 Å². The van der Waals surface area contributed by atoms with E-state index in [9.17, 15) is 14.7 Å². The minimum Gasteiger partial charge on any atom is -0.389 e. The predicted molar refractivity (Wildman–Crippen MR) is 98.6 cm³/mol. The lowest BCUT2D eigenvalue weighted by Crippen LogP contribution is -2.44. The molecule has 0 atom stereocenters. The molecule has 0 saturated heterocycles. The fourth-order valence-electron chi connectivity index (χ4n) is 2.53. The Hall–Kier alpha value is -2.60.